The molecule has 7 heteroatoms. The average Bonchev–Trinajstić information content (AvgIpc) is 3.39. The van der Waals surface area contributed by atoms with Gasteiger partial charge in [0.15, 0.2) is 10.8 Å². The number of anilines is 1. The van der Waals surface area contributed by atoms with Gasteiger partial charge in [0.05, 0.1) is 22.9 Å². The summed E-state index contributed by atoms with van der Waals surface area (Å²) in [7, 11) is 1.85. The summed E-state index contributed by atoms with van der Waals surface area (Å²) in [6.07, 6.45) is 3.04. The highest BCUT2D eigenvalue weighted by molar-refractivity contribution is 7.22. The van der Waals surface area contributed by atoms with Crippen molar-refractivity contribution in [2.75, 3.05) is 18.1 Å². The van der Waals surface area contributed by atoms with Crippen LogP contribution >= 0.6 is 11.3 Å². The molecule has 0 aliphatic carbocycles. The Morgan fingerprint density at radius 3 is 2.93 bits per heavy atom. The molecular weight excluding hydrogens is 360 g/mol. The first-order chi connectivity index (χ1) is 13.0. The molecule has 1 unspecified atom stereocenters. The minimum Gasteiger partial charge on any atom is -0.376 e. The molecular formula is C20H24N4O2S. The number of aryl methyl sites for hydroxylation is 3. The molecule has 0 N–H and O–H groups in total. The number of rotatable bonds is 5. The Bertz CT molecular complexity index is 952. The van der Waals surface area contributed by atoms with E-state index in [1.54, 1.807) is 20.9 Å². The zero-order valence-corrected chi connectivity index (χ0v) is 16.8. The molecule has 0 saturated carbocycles. The van der Waals surface area contributed by atoms with E-state index in [-0.39, 0.29) is 12.0 Å². The first kappa shape index (κ1) is 18.1. The van der Waals surface area contributed by atoms with Gasteiger partial charge in [-0.15, -0.1) is 0 Å². The number of nitrogens with zero attached hydrogens (tertiary/aromatic N) is 4. The third-order valence-electron chi connectivity index (χ3n) is 5.07. The maximum atomic E-state index is 13.3. The van der Waals surface area contributed by atoms with Crippen molar-refractivity contribution in [2.24, 2.45) is 7.05 Å². The summed E-state index contributed by atoms with van der Waals surface area (Å²) in [5, 5.41) is 5.08. The molecule has 1 saturated heterocycles. The number of hydrogen-bond donors (Lipinski definition) is 0. The monoisotopic (exact) mass is 384 g/mol. The van der Waals surface area contributed by atoms with Crippen molar-refractivity contribution in [3.63, 3.8) is 0 Å². The van der Waals surface area contributed by atoms with Crippen molar-refractivity contribution in [2.45, 2.75) is 39.2 Å². The van der Waals surface area contributed by atoms with Crippen LogP contribution in [0.3, 0.4) is 0 Å². The molecule has 1 aliphatic rings. The predicted octanol–water partition coefficient (Wildman–Crippen LogP) is 3.73. The van der Waals surface area contributed by atoms with Crippen molar-refractivity contribution < 1.29 is 9.53 Å². The van der Waals surface area contributed by atoms with Crippen LogP contribution in [0.15, 0.2) is 24.3 Å². The molecule has 142 valence electrons. The second-order valence-corrected chi connectivity index (χ2v) is 8.01. The van der Waals surface area contributed by atoms with Gasteiger partial charge in [-0.05, 0) is 49.9 Å². The third kappa shape index (κ3) is 3.61. The lowest BCUT2D eigenvalue weighted by Gasteiger charge is -2.22. The Morgan fingerprint density at radius 2 is 2.26 bits per heavy atom. The lowest BCUT2D eigenvalue weighted by molar-refractivity contribution is 0.0913. The van der Waals surface area contributed by atoms with Gasteiger partial charge in [-0.25, -0.2) is 4.98 Å². The molecule has 2 aromatic heterocycles. The molecule has 3 aromatic rings. The third-order valence-corrected chi connectivity index (χ3v) is 6.11. The standard InChI is InChI=1S/C20H24N4O2S/c1-4-14-7-8-16-18(11-14)27-20(21-16)24(12-15-6-5-9-26-15)19(25)17-10-13(2)23(3)22-17/h7-8,10-11,15H,4-6,9,12H2,1-3H3. The van der Waals surface area contributed by atoms with E-state index in [1.807, 2.05) is 26.1 Å². The van der Waals surface area contributed by atoms with E-state index in [1.165, 1.54) is 5.56 Å². The normalized spacial score (nSPS) is 16.9. The van der Waals surface area contributed by atoms with Gasteiger partial charge in [0.25, 0.3) is 5.91 Å². The molecule has 1 aliphatic heterocycles. The summed E-state index contributed by atoms with van der Waals surface area (Å²) >= 11 is 1.56. The molecule has 1 amide bonds. The van der Waals surface area contributed by atoms with Crippen LogP contribution in [0.5, 0.6) is 0 Å². The Balaban J connectivity index is 1.71. The molecule has 0 bridgehead atoms. The quantitative estimate of drug-likeness (QED) is 0.673. The summed E-state index contributed by atoms with van der Waals surface area (Å²) in [6.45, 7) is 5.35. The van der Waals surface area contributed by atoms with Crippen molar-refractivity contribution in [3.05, 3.63) is 41.2 Å². The molecule has 27 heavy (non-hydrogen) atoms. The van der Waals surface area contributed by atoms with Crippen LogP contribution in [-0.2, 0) is 18.2 Å². The fourth-order valence-electron chi connectivity index (χ4n) is 3.34. The molecule has 1 atom stereocenters. The summed E-state index contributed by atoms with van der Waals surface area (Å²) in [5.74, 6) is -0.121. The van der Waals surface area contributed by atoms with E-state index < -0.39 is 0 Å². The van der Waals surface area contributed by atoms with E-state index in [2.05, 4.69) is 24.2 Å². The number of hydrogen-bond acceptors (Lipinski definition) is 5. The van der Waals surface area contributed by atoms with Crippen molar-refractivity contribution in [1.82, 2.24) is 14.8 Å². The molecule has 3 heterocycles. The lowest BCUT2D eigenvalue weighted by Crippen LogP contribution is -2.37. The van der Waals surface area contributed by atoms with Gasteiger partial charge in [-0.1, -0.05) is 24.3 Å². The molecule has 4 rings (SSSR count). The van der Waals surface area contributed by atoms with Gasteiger partial charge in [0, 0.05) is 19.3 Å². The first-order valence-corrected chi connectivity index (χ1v) is 10.2. The van der Waals surface area contributed by atoms with Gasteiger partial charge < -0.3 is 4.74 Å². The molecule has 0 spiro atoms. The second kappa shape index (κ2) is 7.40. The van der Waals surface area contributed by atoms with Crippen LogP contribution in [-0.4, -0.2) is 39.9 Å². The fraction of sp³-hybridized carbons (Fsp3) is 0.450. The summed E-state index contributed by atoms with van der Waals surface area (Å²) in [5.41, 5.74) is 3.60. The van der Waals surface area contributed by atoms with Crippen molar-refractivity contribution >= 4 is 32.6 Å². The average molecular weight is 385 g/mol. The van der Waals surface area contributed by atoms with E-state index in [9.17, 15) is 4.79 Å². The number of amides is 1. The van der Waals surface area contributed by atoms with Gasteiger partial charge in [-0.3, -0.25) is 14.4 Å². The summed E-state index contributed by atoms with van der Waals surface area (Å²) < 4.78 is 8.62. The van der Waals surface area contributed by atoms with Crippen molar-refractivity contribution in [1.29, 1.82) is 0 Å². The van der Waals surface area contributed by atoms with Crippen LogP contribution < -0.4 is 4.90 Å². The zero-order chi connectivity index (χ0) is 19.0. The zero-order valence-electron chi connectivity index (χ0n) is 15.9. The van der Waals surface area contributed by atoms with E-state index >= 15 is 0 Å². The largest absolute Gasteiger partial charge is 0.376 e. The number of thiazole rings is 1. The number of carbonyl (C=O) groups excluding carboxylic acids is 1. The van der Waals surface area contributed by atoms with Crippen molar-refractivity contribution in [3.8, 4) is 0 Å². The highest BCUT2D eigenvalue weighted by atomic mass is 32.1. The Labute approximate surface area is 162 Å². The second-order valence-electron chi connectivity index (χ2n) is 7.00. The molecule has 1 aromatic carbocycles. The number of benzene rings is 1. The fourth-order valence-corrected chi connectivity index (χ4v) is 4.37. The number of carbonyl (C=O) groups is 1. The maximum Gasteiger partial charge on any atom is 0.280 e. The summed E-state index contributed by atoms with van der Waals surface area (Å²) in [6, 6.07) is 8.12. The van der Waals surface area contributed by atoms with Crippen LogP contribution in [0, 0.1) is 6.92 Å². The predicted molar refractivity (Wildman–Crippen MR) is 108 cm³/mol. The Kier molecular flexibility index (Phi) is 4.97. The number of ether oxygens (including phenoxy) is 1. The molecule has 1 fully saturated rings. The summed E-state index contributed by atoms with van der Waals surface area (Å²) in [4.78, 5) is 19.7. The maximum absolute atomic E-state index is 13.3. The van der Waals surface area contributed by atoms with Gasteiger partial charge in [0.1, 0.15) is 0 Å². The van der Waals surface area contributed by atoms with Gasteiger partial charge >= 0.3 is 0 Å². The topological polar surface area (TPSA) is 60.3 Å². The highest BCUT2D eigenvalue weighted by Gasteiger charge is 2.28. The van der Waals surface area contributed by atoms with E-state index in [4.69, 9.17) is 9.72 Å². The minimum atomic E-state index is -0.121. The SMILES string of the molecule is CCc1ccc2nc(N(CC3CCCO3)C(=O)c3cc(C)n(C)n3)sc2c1. The van der Waals surface area contributed by atoms with E-state index in [0.717, 1.165) is 41.8 Å². The first-order valence-electron chi connectivity index (χ1n) is 9.38. The highest BCUT2D eigenvalue weighted by Crippen LogP contribution is 2.31. The van der Waals surface area contributed by atoms with E-state index in [0.29, 0.717) is 17.4 Å². The van der Waals surface area contributed by atoms with Crippen LogP contribution in [0.25, 0.3) is 10.2 Å². The molecule has 6 nitrogen and oxygen atoms in total. The molecule has 0 radical (unpaired) electrons. The minimum absolute atomic E-state index is 0.0528. The number of aromatic nitrogens is 3. The smallest absolute Gasteiger partial charge is 0.280 e. The Hall–Kier alpha value is -2.25. The van der Waals surface area contributed by atoms with Gasteiger partial charge in [-0.2, -0.15) is 5.10 Å². The Morgan fingerprint density at radius 1 is 1.41 bits per heavy atom. The van der Waals surface area contributed by atoms with Crippen LogP contribution in [0.2, 0.25) is 0 Å². The number of fused-ring (bicyclic) bond motifs is 1. The lowest BCUT2D eigenvalue weighted by atomic mass is 10.2. The van der Waals surface area contributed by atoms with Gasteiger partial charge in [0.2, 0.25) is 0 Å². The van der Waals surface area contributed by atoms with Crippen LogP contribution in [0.4, 0.5) is 5.13 Å². The van der Waals surface area contributed by atoms with Crippen LogP contribution in [0.1, 0.15) is 41.5 Å².